The zero-order chi connectivity index (χ0) is 20.2. The summed E-state index contributed by atoms with van der Waals surface area (Å²) in [7, 11) is 1.64. The lowest BCUT2D eigenvalue weighted by Crippen LogP contribution is -2.55. The van der Waals surface area contributed by atoms with Gasteiger partial charge in [0.1, 0.15) is 5.75 Å². The van der Waals surface area contributed by atoms with Gasteiger partial charge in [-0.05, 0) is 48.9 Å². The molecule has 1 aromatic heterocycles. The van der Waals surface area contributed by atoms with Crippen LogP contribution in [0.5, 0.6) is 5.75 Å². The number of amides is 2. The highest BCUT2D eigenvalue weighted by Gasteiger charge is 2.28. The van der Waals surface area contributed by atoms with Gasteiger partial charge in [-0.2, -0.15) is 5.10 Å². The summed E-state index contributed by atoms with van der Waals surface area (Å²) in [6.07, 6.45) is 0. The molecule has 2 amide bonds. The number of urea groups is 1. The fourth-order valence-corrected chi connectivity index (χ4v) is 3.62. The van der Waals surface area contributed by atoms with Crippen molar-refractivity contribution in [1.82, 2.24) is 15.1 Å². The van der Waals surface area contributed by atoms with Gasteiger partial charge in [-0.1, -0.05) is 18.2 Å². The maximum atomic E-state index is 12.8. The summed E-state index contributed by atoms with van der Waals surface area (Å²) >= 11 is 0. The predicted octanol–water partition coefficient (Wildman–Crippen LogP) is 3.83. The molecule has 3 aromatic rings. The molecule has 7 heteroatoms. The largest absolute Gasteiger partial charge is 0.497 e. The van der Waals surface area contributed by atoms with Gasteiger partial charge in [0, 0.05) is 37.4 Å². The van der Waals surface area contributed by atoms with Gasteiger partial charge in [0.05, 0.1) is 12.8 Å². The zero-order valence-corrected chi connectivity index (χ0v) is 16.6. The Morgan fingerprint density at radius 2 is 1.90 bits per heavy atom. The normalized spacial score (nSPS) is 16.6. The van der Waals surface area contributed by atoms with Crippen molar-refractivity contribution in [3.8, 4) is 17.0 Å². The third kappa shape index (κ3) is 4.18. The van der Waals surface area contributed by atoms with Crippen LogP contribution in [-0.4, -0.2) is 53.9 Å². The maximum absolute atomic E-state index is 12.8. The number of nitrogens with one attached hydrogen (secondary N) is 2. The quantitative estimate of drug-likeness (QED) is 0.709. The molecule has 4 rings (SSSR count). The molecule has 1 unspecified atom stereocenters. The van der Waals surface area contributed by atoms with Crippen LogP contribution in [0.1, 0.15) is 6.92 Å². The van der Waals surface area contributed by atoms with E-state index in [1.165, 1.54) is 5.69 Å². The summed E-state index contributed by atoms with van der Waals surface area (Å²) in [4.78, 5) is 16.9. The number of nitrogens with zero attached hydrogens (tertiary/aromatic N) is 3. The third-order valence-electron chi connectivity index (χ3n) is 5.22. The minimum Gasteiger partial charge on any atom is -0.497 e. The molecule has 0 aliphatic carbocycles. The minimum atomic E-state index is -0.127. The van der Waals surface area contributed by atoms with E-state index in [1.54, 1.807) is 7.11 Å². The molecular formula is C22H25N5O2. The molecule has 150 valence electrons. The monoisotopic (exact) mass is 391 g/mol. The van der Waals surface area contributed by atoms with Crippen LogP contribution in [0.2, 0.25) is 0 Å². The number of ether oxygens (including phenoxy) is 1. The van der Waals surface area contributed by atoms with Gasteiger partial charge < -0.3 is 14.5 Å². The highest BCUT2D eigenvalue weighted by atomic mass is 16.5. The van der Waals surface area contributed by atoms with E-state index in [9.17, 15) is 4.79 Å². The van der Waals surface area contributed by atoms with Crippen molar-refractivity contribution in [2.45, 2.75) is 13.0 Å². The summed E-state index contributed by atoms with van der Waals surface area (Å²) in [6, 6.07) is 19.8. The molecule has 7 nitrogen and oxygen atoms in total. The second kappa shape index (κ2) is 8.26. The SMILES string of the molecule is COc1ccc(-c2cc(NC(=O)N3CCN(c4ccccc4)CC3C)n[nH]2)cc1. The van der Waals surface area contributed by atoms with Gasteiger partial charge in [-0.15, -0.1) is 0 Å². The van der Waals surface area contributed by atoms with Crippen molar-refractivity contribution in [3.63, 3.8) is 0 Å². The van der Waals surface area contributed by atoms with Crippen molar-refractivity contribution in [2.75, 3.05) is 37.0 Å². The van der Waals surface area contributed by atoms with Gasteiger partial charge in [-0.3, -0.25) is 10.4 Å². The highest BCUT2D eigenvalue weighted by Crippen LogP contribution is 2.23. The van der Waals surface area contributed by atoms with Crippen molar-refractivity contribution < 1.29 is 9.53 Å². The molecule has 2 N–H and O–H groups in total. The van der Waals surface area contributed by atoms with Crippen LogP contribution >= 0.6 is 0 Å². The molecular weight excluding hydrogens is 366 g/mol. The number of piperazine rings is 1. The summed E-state index contributed by atoms with van der Waals surface area (Å²) in [6.45, 7) is 4.34. The minimum absolute atomic E-state index is 0.101. The molecule has 2 heterocycles. The van der Waals surface area contributed by atoms with Crippen LogP contribution in [0.15, 0.2) is 60.7 Å². The Labute approximate surface area is 170 Å². The first-order valence-electron chi connectivity index (χ1n) is 9.71. The van der Waals surface area contributed by atoms with E-state index in [1.807, 2.05) is 53.4 Å². The van der Waals surface area contributed by atoms with E-state index in [0.29, 0.717) is 12.4 Å². The number of aromatic nitrogens is 2. The summed E-state index contributed by atoms with van der Waals surface area (Å²) in [5.74, 6) is 1.31. The summed E-state index contributed by atoms with van der Waals surface area (Å²) < 4.78 is 5.18. The number of hydrogen-bond donors (Lipinski definition) is 2. The Hall–Kier alpha value is -3.48. The molecule has 1 aliphatic rings. The second-order valence-electron chi connectivity index (χ2n) is 7.15. The molecule has 1 aliphatic heterocycles. The molecule has 0 bridgehead atoms. The molecule has 0 radical (unpaired) electrons. The fraction of sp³-hybridized carbons (Fsp3) is 0.273. The lowest BCUT2D eigenvalue weighted by Gasteiger charge is -2.40. The first kappa shape index (κ1) is 18.9. The van der Waals surface area contributed by atoms with Gasteiger partial charge in [0.15, 0.2) is 5.82 Å². The van der Waals surface area contributed by atoms with Crippen LogP contribution < -0.4 is 15.0 Å². The first-order chi connectivity index (χ1) is 14.1. The Kier molecular flexibility index (Phi) is 5.37. The number of aromatic amines is 1. The Balaban J connectivity index is 1.38. The molecule has 1 atom stereocenters. The summed E-state index contributed by atoms with van der Waals surface area (Å²) in [5, 5.41) is 10.1. The zero-order valence-electron chi connectivity index (χ0n) is 16.6. The van der Waals surface area contributed by atoms with E-state index >= 15 is 0 Å². The van der Waals surface area contributed by atoms with Gasteiger partial charge in [0.25, 0.3) is 0 Å². The maximum Gasteiger partial charge on any atom is 0.323 e. The lowest BCUT2D eigenvalue weighted by molar-refractivity contribution is 0.185. The highest BCUT2D eigenvalue weighted by molar-refractivity contribution is 5.89. The van der Waals surface area contributed by atoms with Crippen LogP contribution in [0, 0.1) is 0 Å². The predicted molar refractivity (Wildman–Crippen MR) is 114 cm³/mol. The van der Waals surface area contributed by atoms with E-state index in [4.69, 9.17) is 4.74 Å². The average Bonchev–Trinajstić information content (AvgIpc) is 3.22. The number of benzene rings is 2. The Morgan fingerprint density at radius 3 is 2.59 bits per heavy atom. The van der Waals surface area contributed by atoms with Crippen molar-refractivity contribution in [3.05, 3.63) is 60.7 Å². The molecule has 0 spiro atoms. The van der Waals surface area contributed by atoms with Gasteiger partial charge in [-0.25, -0.2) is 4.79 Å². The third-order valence-corrected chi connectivity index (χ3v) is 5.22. The molecule has 2 aromatic carbocycles. The number of hydrogen-bond acceptors (Lipinski definition) is 4. The van der Waals surface area contributed by atoms with Crippen LogP contribution in [0.4, 0.5) is 16.3 Å². The number of rotatable bonds is 4. The van der Waals surface area contributed by atoms with E-state index in [-0.39, 0.29) is 12.1 Å². The van der Waals surface area contributed by atoms with Crippen LogP contribution in [-0.2, 0) is 0 Å². The number of carbonyl (C=O) groups is 1. The van der Waals surface area contributed by atoms with Crippen molar-refractivity contribution >= 4 is 17.5 Å². The molecule has 0 saturated carbocycles. The van der Waals surface area contributed by atoms with Crippen molar-refractivity contribution in [2.24, 2.45) is 0 Å². The van der Waals surface area contributed by atoms with Crippen LogP contribution in [0.3, 0.4) is 0 Å². The van der Waals surface area contributed by atoms with E-state index in [0.717, 1.165) is 30.1 Å². The number of H-pyrrole nitrogens is 1. The second-order valence-corrected chi connectivity index (χ2v) is 7.15. The van der Waals surface area contributed by atoms with Gasteiger partial charge >= 0.3 is 6.03 Å². The van der Waals surface area contributed by atoms with Crippen LogP contribution in [0.25, 0.3) is 11.3 Å². The molecule has 29 heavy (non-hydrogen) atoms. The Morgan fingerprint density at radius 1 is 1.14 bits per heavy atom. The molecule has 1 fully saturated rings. The number of carbonyl (C=O) groups excluding carboxylic acids is 1. The topological polar surface area (TPSA) is 73.5 Å². The lowest BCUT2D eigenvalue weighted by atomic mass is 10.1. The van der Waals surface area contributed by atoms with E-state index < -0.39 is 0 Å². The first-order valence-corrected chi connectivity index (χ1v) is 9.71. The van der Waals surface area contributed by atoms with Gasteiger partial charge in [0.2, 0.25) is 0 Å². The number of para-hydroxylation sites is 1. The number of methoxy groups -OCH3 is 1. The number of anilines is 2. The standard InChI is InChI=1S/C22H25N5O2/c1-16-15-26(18-6-4-3-5-7-18)12-13-27(16)22(28)23-21-14-20(24-25-21)17-8-10-19(29-2)11-9-17/h3-11,14,16H,12-13,15H2,1-2H3,(H2,23,24,25,28). The summed E-state index contributed by atoms with van der Waals surface area (Å²) in [5.41, 5.74) is 3.00. The fourth-order valence-electron chi connectivity index (χ4n) is 3.62. The smallest absolute Gasteiger partial charge is 0.323 e. The average molecular weight is 391 g/mol. The molecule has 1 saturated heterocycles. The van der Waals surface area contributed by atoms with Crippen molar-refractivity contribution in [1.29, 1.82) is 0 Å². The van der Waals surface area contributed by atoms with E-state index in [2.05, 4.69) is 39.5 Å². The Bertz CT molecular complexity index is 955.